The molecule has 0 spiro atoms. The first-order valence-electron chi connectivity index (χ1n) is 7.21. The van der Waals surface area contributed by atoms with Crippen molar-refractivity contribution in [1.29, 1.82) is 0 Å². The van der Waals surface area contributed by atoms with Gasteiger partial charge < -0.3 is 9.47 Å². The van der Waals surface area contributed by atoms with Crippen molar-refractivity contribution < 1.29 is 14.3 Å². The lowest BCUT2D eigenvalue weighted by atomic mass is 9.94. The number of rotatable bonds is 10. The van der Waals surface area contributed by atoms with E-state index in [1.165, 1.54) is 0 Å². The Hall–Kier alpha value is -0.610. The number of hydrogen-bond donors (Lipinski definition) is 1. The fourth-order valence-corrected chi connectivity index (χ4v) is 2.17. The Kier molecular flexibility index (Phi) is 6.65. The Balaban J connectivity index is 2.69. The molecule has 0 aromatic rings. The molecule has 1 unspecified atom stereocenters. The lowest BCUT2D eigenvalue weighted by molar-refractivity contribution is -0.155. The van der Waals surface area contributed by atoms with Crippen LogP contribution in [0.4, 0.5) is 0 Å². The molecule has 1 aliphatic carbocycles. The molecule has 1 saturated carbocycles. The maximum atomic E-state index is 12.3. The number of hydrogen-bond acceptors (Lipinski definition) is 4. The zero-order valence-electron chi connectivity index (χ0n) is 12.0. The first kappa shape index (κ1) is 15.4. The van der Waals surface area contributed by atoms with Crippen LogP contribution in [-0.4, -0.2) is 37.9 Å². The summed E-state index contributed by atoms with van der Waals surface area (Å²) in [5, 5.41) is 3.39. The Morgan fingerprint density at radius 1 is 1.28 bits per heavy atom. The van der Waals surface area contributed by atoms with Crippen molar-refractivity contribution in [3.63, 3.8) is 0 Å². The maximum Gasteiger partial charge on any atom is 0.329 e. The van der Waals surface area contributed by atoms with Crippen LogP contribution >= 0.6 is 0 Å². The molecule has 0 bridgehead atoms. The van der Waals surface area contributed by atoms with E-state index in [0.717, 1.165) is 32.2 Å². The van der Waals surface area contributed by atoms with Gasteiger partial charge in [-0.15, -0.1) is 0 Å². The van der Waals surface area contributed by atoms with E-state index in [9.17, 15) is 4.79 Å². The Morgan fingerprint density at radius 3 is 2.50 bits per heavy atom. The summed E-state index contributed by atoms with van der Waals surface area (Å²) in [5.74, 6) is 0.233. The van der Waals surface area contributed by atoms with E-state index in [1.54, 1.807) is 0 Å². The monoisotopic (exact) mass is 257 g/mol. The summed E-state index contributed by atoms with van der Waals surface area (Å²) in [7, 11) is 0. The molecular weight excluding hydrogens is 230 g/mol. The van der Waals surface area contributed by atoms with Gasteiger partial charge in [-0.05, 0) is 45.1 Å². The van der Waals surface area contributed by atoms with Crippen LogP contribution in [0.3, 0.4) is 0 Å². The molecular formula is C14H27NO3. The zero-order chi connectivity index (χ0) is 13.4. The molecule has 0 aliphatic heterocycles. The molecule has 1 atom stereocenters. The Morgan fingerprint density at radius 2 is 2.00 bits per heavy atom. The summed E-state index contributed by atoms with van der Waals surface area (Å²) in [4.78, 5) is 12.3. The van der Waals surface area contributed by atoms with E-state index in [0.29, 0.717) is 25.7 Å². The lowest BCUT2D eigenvalue weighted by Crippen LogP contribution is -2.58. The molecule has 1 N–H and O–H groups in total. The fourth-order valence-electron chi connectivity index (χ4n) is 2.17. The Labute approximate surface area is 110 Å². The van der Waals surface area contributed by atoms with Gasteiger partial charge in [0.1, 0.15) is 5.54 Å². The van der Waals surface area contributed by atoms with Crippen LogP contribution < -0.4 is 5.32 Å². The molecule has 0 saturated heterocycles. The SMILES string of the molecule is CCCNC(COCCC)(C(=O)OCC)C1CC1. The highest BCUT2D eigenvalue weighted by Crippen LogP contribution is 2.40. The minimum absolute atomic E-state index is 0.142. The summed E-state index contributed by atoms with van der Waals surface area (Å²) >= 11 is 0. The fraction of sp³-hybridized carbons (Fsp3) is 0.929. The third-order valence-electron chi connectivity index (χ3n) is 3.28. The largest absolute Gasteiger partial charge is 0.465 e. The number of nitrogens with one attached hydrogen (secondary N) is 1. The number of ether oxygens (including phenoxy) is 2. The molecule has 1 aliphatic rings. The van der Waals surface area contributed by atoms with Gasteiger partial charge in [0.15, 0.2) is 0 Å². The van der Waals surface area contributed by atoms with E-state index in [1.807, 2.05) is 6.92 Å². The molecule has 1 fully saturated rings. The van der Waals surface area contributed by atoms with Crippen LogP contribution in [0.5, 0.6) is 0 Å². The summed E-state index contributed by atoms with van der Waals surface area (Å²) in [6.45, 7) is 8.40. The Bertz CT molecular complexity index is 253. The van der Waals surface area contributed by atoms with E-state index >= 15 is 0 Å². The first-order chi connectivity index (χ1) is 8.71. The second kappa shape index (κ2) is 7.74. The van der Waals surface area contributed by atoms with Crippen molar-refractivity contribution in [2.24, 2.45) is 5.92 Å². The van der Waals surface area contributed by atoms with Crippen molar-refractivity contribution in [1.82, 2.24) is 5.32 Å². The molecule has 4 nitrogen and oxygen atoms in total. The minimum Gasteiger partial charge on any atom is -0.465 e. The highest BCUT2D eigenvalue weighted by Gasteiger charge is 2.52. The third-order valence-corrected chi connectivity index (χ3v) is 3.28. The molecule has 0 aromatic carbocycles. The summed E-state index contributed by atoms with van der Waals surface area (Å²) in [6.07, 6.45) is 4.15. The van der Waals surface area contributed by atoms with Gasteiger partial charge in [-0.2, -0.15) is 0 Å². The quantitative estimate of drug-likeness (QED) is 0.481. The average Bonchev–Trinajstić information content (AvgIpc) is 3.18. The topological polar surface area (TPSA) is 47.6 Å². The zero-order valence-corrected chi connectivity index (χ0v) is 12.0. The van der Waals surface area contributed by atoms with Gasteiger partial charge in [-0.1, -0.05) is 13.8 Å². The van der Waals surface area contributed by atoms with E-state index in [-0.39, 0.29) is 5.97 Å². The number of esters is 1. The van der Waals surface area contributed by atoms with Crippen LogP contribution in [0.2, 0.25) is 0 Å². The van der Waals surface area contributed by atoms with Gasteiger partial charge in [-0.3, -0.25) is 5.32 Å². The summed E-state index contributed by atoms with van der Waals surface area (Å²) in [5.41, 5.74) is -0.610. The van der Waals surface area contributed by atoms with Crippen LogP contribution in [0.1, 0.15) is 46.5 Å². The molecule has 0 aromatic heterocycles. The average molecular weight is 257 g/mol. The number of carbonyl (C=O) groups is 1. The number of carbonyl (C=O) groups excluding carboxylic acids is 1. The molecule has 0 amide bonds. The first-order valence-corrected chi connectivity index (χ1v) is 7.21. The van der Waals surface area contributed by atoms with Gasteiger partial charge in [0.05, 0.1) is 13.2 Å². The molecule has 1 rings (SSSR count). The smallest absolute Gasteiger partial charge is 0.329 e. The predicted molar refractivity (Wildman–Crippen MR) is 71.5 cm³/mol. The van der Waals surface area contributed by atoms with Crippen molar-refractivity contribution in [3.8, 4) is 0 Å². The van der Waals surface area contributed by atoms with Crippen molar-refractivity contribution in [2.75, 3.05) is 26.4 Å². The summed E-state index contributed by atoms with van der Waals surface area (Å²) < 4.78 is 10.9. The van der Waals surface area contributed by atoms with E-state index < -0.39 is 5.54 Å². The van der Waals surface area contributed by atoms with Crippen LogP contribution in [0, 0.1) is 5.92 Å². The van der Waals surface area contributed by atoms with Crippen LogP contribution in [0.15, 0.2) is 0 Å². The van der Waals surface area contributed by atoms with Crippen molar-refractivity contribution in [2.45, 2.75) is 52.0 Å². The van der Waals surface area contributed by atoms with E-state index in [2.05, 4.69) is 19.2 Å². The second-order valence-corrected chi connectivity index (χ2v) is 4.95. The van der Waals surface area contributed by atoms with Crippen LogP contribution in [-0.2, 0) is 14.3 Å². The van der Waals surface area contributed by atoms with E-state index in [4.69, 9.17) is 9.47 Å². The summed E-state index contributed by atoms with van der Waals surface area (Å²) in [6, 6.07) is 0. The van der Waals surface area contributed by atoms with Gasteiger partial charge in [0, 0.05) is 6.61 Å². The standard InChI is InChI=1S/C14H27NO3/c1-4-9-15-14(12-7-8-12,11-17-10-5-2)13(16)18-6-3/h12,15H,4-11H2,1-3H3. The predicted octanol–water partition coefficient (Wildman–Crippen LogP) is 2.12. The minimum atomic E-state index is -0.610. The highest BCUT2D eigenvalue weighted by atomic mass is 16.5. The highest BCUT2D eigenvalue weighted by molar-refractivity contribution is 5.82. The maximum absolute atomic E-state index is 12.3. The molecule has 0 radical (unpaired) electrons. The van der Waals surface area contributed by atoms with Gasteiger partial charge in [0.25, 0.3) is 0 Å². The molecule has 18 heavy (non-hydrogen) atoms. The molecule has 4 heteroatoms. The van der Waals surface area contributed by atoms with Gasteiger partial charge in [0.2, 0.25) is 0 Å². The molecule has 0 heterocycles. The third kappa shape index (κ3) is 3.95. The second-order valence-electron chi connectivity index (χ2n) is 4.95. The van der Waals surface area contributed by atoms with Crippen molar-refractivity contribution >= 4 is 5.97 Å². The van der Waals surface area contributed by atoms with Crippen molar-refractivity contribution in [3.05, 3.63) is 0 Å². The molecule has 106 valence electrons. The normalized spacial score (nSPS) is 18.4. The lowest BCUT2D eigenvalue weighted by Gasteiger charge is -2.32. The van der Waals surface area contributed by atoms with Gasteiger partial charge in [-0.25, -0.2) is 4.79 Å². The van der Waals surface area contributed by atoms with Gasteiger partial charge >= 0.3 is 5.97 Å². The van der Waals surface area contributed by atoms with Crippen LogP contribution in [0.25, 0.3) is 0 Å².